The van der Waals surface area contributed by atoms with Gasteiger partial charge in [-0.25, -0.2) is 19.8 Å². The van der Waals surface area contributed by atoms with Crippen molar-refractivity contribution in [1.29, 1.82) is 0 Å². The van der Waals surface area contributed by atoms with Gasteiger partial charge < -0.3 is 26.0 Å². The van der Waals surface area contributed by atoms with Crippen molar-refractivity contribution in [2.45, 2.75) is 56.3 Å². The number of carboxylic acids is 1. The molecule has 1 aliphatic heterocycles. The van der Waals surface area contributed by atoms with Crippen molar-refractivity contribution >= 4 is 31.2 Å². The summed E-state index contributed by atoms with van der Waals surface area (Å²) in [5, 5.41) is 12.5. The number of halogens is 3. The van der Waals surface area contributed by atoms with Crippen molar-refractivity contribution in [2.24, 2.45) is 10.7 Å². The average Bonchev–Trinajstić information content (AvgIpc) is 3.47. The third-order valence-electron chi connectivity index (χ3n) is 7.14. The van der Waals surface area contributed by atoms with Crippen LogP contribution in [0.1, 0.15) is 65.2 Å². The van der Waals surface area contributed by atoms with E-state index in [4.69, 9.17) is 5.73 Å². The van der Waals surface area contributed by atoms with Gasteiger partial charge >= 0.3 is 12.1 Å². The maximum atomic E-state index is 14.1. The number of carboxylic acid groups (broad SMARTS) is 1. The number of nitrogens with one attached hydrogen (secondary N) is 1. The number of benzene rings is 1. The molecule has 2 aliphatic rings. The van der Waals surface area contributed by atoms with Crippen molar-refractivity contribution in [3.63, 3.8) is 0 Å². The van der Waals surface area contributed by atoms with Crippen molar-refractivity contribution in [3.05, 3.63) is 46.8 Å². The van der Waals surface area contributed by atoms with Crippen molar-refractivity contribution in [1.82, 2.24) is 14.9 Å². The van der Waals surface area contributed by atoms with E-state index in [-0.39, 0.29) is 34.4 Å². The predicted molar refractivity (Wildman–Crippen MR) is 140 cm³/mol. The first-order valence-corrected chi connectivity index (χ1v) is 14.2. The summed E-state index contributed by atoms with van der Waals surface area (Å²) in [4.78, 5) is 36.8. The summed E-state index contributed by atoms with van der Waals surface area (Å²) in [5.41, 5.74) is 4.92. The van der Waals surface area contributed by atoms with Crippen LogP contribution < -0.4 is 11.1 Å². The number of fused-ring (bicyclic) bond motifs is 1. The molecule has 13 heteroatoms. The molecule has 0 spiro atoms. The van der Waals surface area contributed by atoms with E-state index < -0.39 is 31.8 Å². The normalized spacial score (nSPS) is 21.9. The van der Waals surface area contributed by atoms with E-state index in [1.54, 1.807) is 0 Å². The number of hydrogen-bond donors (Lipinski definition) is 4. The van der Waals surface area contributed by atoms with E-state index in [1.807, 2.05) is 0 Å². The fourth-order valence-corrected chi connectivity index (χ4v) is 6.02. The van der Waals surface area contributed by atoms with Gasteiger partial charge in [0.1, 0.15) is 0 Å². The Morgan fingerprint density at radius 2 is 2.05 bits per heavy atom. The average molecular weight is 553 g/mol. The summed E-state index contributed by atoms with van der Waals surface area (Å²) < 4.78 is 42.3. The number of anilines is 1. The molecule has 4 atom stereocenters. The number of carbonyl (C=O) groups is 1. The van der Waals surface area contributed by atoms with Gasteiger partial charge in [0.05, 0.1) is 42.0 Å². The lowest BCUT2D eigenvalue weighted by atomic mass is 9.93. The zero-order valence-corrected chi connectivity index (χ0v) is 22.1. The molecule has 0 bridgehead atoms. The molecule has 1 saturated carbocycles. The van der Waals surface area contributed by atoms with Gasteiger partial charge in [0.2, 0.25) is 5.95 Å². The minimum Gasteiger partial charge on any atom is -0.478 e. The number of hydrogen-bond acceptors (Lipinski definition) is 8. The fraction of sp³-hybridized carbons (Fsp3) is 0.520. The molecule has 5 N–H and O–H groups in total. The monoisotopic (exact) mass is 552 g/mol. The summed E-state index contributed by atoms with van der Waals surface area (Å²) in [7, 11) is 0.186. The quantitative estimate of drug-likeness (QED) is 0.252. The molecule has 2 aromatic rings. The zero-order chi connectivity index (χ0) is 27.6. The first-order valence-electron chi connectivity index (χ1n) is 12.5. The molecule has 2 unspecified atom stereocenters. The summed E-state index contributed by atoms with van der Waals surface area (Å²) in [5.74, 6) is -2.17. The Labute approximate surface area is 220 Å². The van der Waals surface area contributed by atoms with Crippen LogP contribution in [-0.4, -0.2) is 75.2 Å². The Bertz CT molecular complexity index is 1210. The second kappa shape index (κ2) is 11.6. The number of aromatic carboxylic acids is 1. The number of aliphatic imine (C=N–C) groups is 1. The molecular formula is C25H32F3N6O3P. The van der Waals surface area contributed by atoms with E-state index in [2.05, 4.69) is 32.2 Å². The van der Waals surface area contributed by atoms with Crippen LogP contribution in [0, 0.1) is 0 Å². The second-order valence-corrected chi connectivity index (χ2v) is 11.3. The number of aromatic nitrogens is 2. The van der Waals surface area contributed by atoms with Gasteiger partial charge in [-0.2, -0.15) is 13.2 Å². The predicted octanol–water partition coefficient (Wildman–Crippen LogP) is 4.39. The van der Waals surface area contributed by atoms with Gasteiger partial charge in [0.15, 0.2) is 0 Å². The minimum absolute atomic E-state index is 0.00446. The van der Waals surface area contributed by atoms with Gasteiger partial charge in [0, 0.05) is 18.3 Å². The summed E-state index contributed by atoms with van der Waals surface area (Å²) >= 11 is 0. The number of nitrogens with two attached hydrogens (primary N) is 1. The molecule has 1 aromatic heterocycles. The molecule has 0 amide bonds. The highest BCUT2D eigenvalue weighted by Gasteiger charge is 2.42. The first kappa shape index (κ1) is 28.4. The van der Waals surface area contributed by atoms with Crippen LogP contribution in [0.4, 0.5) is 24.8 Å². The highest BCUT2D eigenvalue weighted by Crippen LogP contribution is 2.50. The molecule has 206 valence electrons. The lowest BCUT2D eigenvalue weighted by Crippen LogP contribution is -2.32. The van der Waals surface area contributed by atoms with Gasteiger partial charge in [-0.3, -0.25) is 0 Å². The minimum atomic E-state index is -4.74. The number of alkyl halides is 3. The number of rotatable bonds is 10. The largest absolute Gasteiger partial charge is 0.478 e. The second-order valence-electron chi connectivity index (χ2n) is 9.78. The maximum Gasteiger partial charge on any atom is 0.419 e. The van der Waals surface area contributed by atoms with Crippen LogP contribution >= 0.6 is 8.15 Å². The SMILES string of the molecule is CN(CCCCN)[C@H]1CC[C@H](Nc2ncc(C(F)(F)F)c(C3C(P(C)O)=Nc4cc(C(=O)O)ccc43)n2)C1. The van der Waals surface area contributed by atoms with E-state index in [9.17, 15) is 28.0 Å². The Morgan fingerprint density at radius 3 is 2.71 bits per heavy atom. The Morgan fingerprint density at radius 1 is 1.29 bits per heavy atom. The molecule has 1 aliphatic carbocycles. The van der Waals surface area contributed by atoms with Crippen LogP contribution in [-0.2, 0) is 6.18 Å². The smallest absolute Gasteiger partial charge is 0.419 e. The van der Waals surface area contributed by atoms with Crippen molar-refractivity contribution in [2.75, 3.05) is 32.1 Å². The maximum absolute atomic E-state index is 14.1. The standard InChI is InChI=1S/C25H32F3N6O3P/c1-34(10-4-3-9-29)16-7-6-15(12-16)31-24-30-13-18(25(26,27)28)21(33-24)20-17-8-5-14(23(35)36)11-19(17)32-22(20)38(2)37/h5,8,11,13,15-16,20,37H,3-4,6-7,9-10,12,29H2,1-2H3,(H,35,36)(H,30,31,33)/t15-,16-,20?,38?/m0/s1. The van der Waals surface area contributed by atoms with Gasteiger partial charge in [-0.15, -0.1) is 0 Å². The van der Waals surface area contributed by atoms with Gasteiger partial charge in [-0.05, 0) is 76.6 Å². The molecule has 2 heterocycles. The summed E-state index contributed by atoms with van der Waals surface area (Å²) in [6.45, 7) is 3.07. The van der Waals surface area contributed by atoms with Crippen LogP contribution in [0.3, 0.4) is 0 Å². The van der Waals surface area contributed by atoms with E-state index in [0.29, 0.717) is 18.2 Å². The van der Waals surface area contributed by atoms with Crippen LogP contribution in [0.5, 0.6) is 0 Å². The van der Waals surface area contributed by atoms with Crippen LogP contribution in [0.2, 0.25) is 0 Å². The topological polar surface area (TPSA) is 137 Å². The van der Waals surface area contributed by atoms with Crippen LogP contribution in [0.25, 0.3) is 0 Å². The Balaban J connectivity index is 1.63. The molecule has 1 aromatic carbocycles. The van der Waals surface area contributed by atoms with Crippen molar-refractivity contribution in [3.8, 4) is 0 Å². The van der Waals surface area contributed by atoms with Gasteiger partial charge in [0.25, 0.3) is 0 Å². The molecule has 0 saturated heterocycles. The van der Waals surface area contributed by atoms with Crippen molar-refractivity contribution < 1.29 is 28.0 Å². The van der Waals surface area contributed by atoms with E-state index in [1.165, 1.54) is 24.9 Å². The van der Waals surface area contributed by atoms with E-state index >= 15 is 0 Å². The first-order chi connectivity index (χ1) is 18.0. The Kier molecular flexibility index (Phi) is 8.66. The van der Waals surface area contributed by atoms with Gasteiger partial charge in [-0.1, -0.05) is 6.07 Å². The fourth-order valence-electron chi connectivity index (χ4n) is 5.14. The highest BCUT2D eigenvalue weighted by molar-refractivity contribution is 7.69. The summed E-state index contributed by atoms with van der Waals surface area (Å²) in [6.07, 6.45) is 0.603. The lowest BCUT2D eigenvalue weighted by molar-refractivity contribution is -0.138. The Hall–Kier alpha value is -2.66. The molecular weight excluding hydrogens is 520 g/mol. The molecule has 0 radical (unpaired) electrons. The molecule has 9 nitrogen and oxygen atoms in total. The molecule has 38 heavy (non-hydrogen) atoms. The third-order valence-corrected chi connectivity index (χ3v) is 8.16. The van der Waals surface area contributed by atoms with E-state index in [0.717, 1.165) is 44.8 Å². The summed E-state index contributed by atoms with van der Waals surface area (Å²) in [6, 6.07) is 4.41. The molecule has 1 fully saturated rings. The lowest BCUT2D eigenvalue weighted by Gasteiger charge is -2.24. The number of nitrogens with zero attached hydrogens (tertiary/aromatic N) is 4. The van der Waals surface area contributed by atoms with Crippen LogP contribution in [0.15, 0.2) is 29.4 Å². The zero-order valence-electron chi connectivity index (χ0n) is 21.2. The molecule has 4 rings (SSSR count). The highest BCUT2D eigenvalue weighted by atomic mass is 31.1. The number of unbranched alkanes of at least 4 members (excludes halogenated alkanes) is 1. The third kappa shape index (κ3) is 6.14.